The molecule has 1 amide bonds. The molecule has 27 heavy (non-hydrogen) atoms. The third kappa shape index (κ3) is 2.81. The van der Waals surface area contributed by atoms with Crippen LogP contribution in [0.2, 0.25) is 0 Å². The molecule has 6 N–H and O–H groups in total. The molecule has 4 aromatic heterocycles. The summed E-state index contributed by atoms with van der Waals surface area (Å²) in [6.07, 6.45) is 3.99. The van der Waals surface area contributed by atoms with Gasteiger partial charge in [-0.3, -0.25) is 4.79 Å². The highest BCUT2D eigenvalue weighted by Gasteiger charge is 2.12. The lowest BCUT2D eigenvalue weighted by atomic mass is 10.1. The van der Waals surface area contributed by atoms with Crippen molar-refractivity contribution < 1.29 is 4.79 Å². The van der Waals surface area contributed by atoms with Crippen LogP contribution in [0.1, 0.15) is 17.1 Å². The summed E-state index contributed by atoms with van der Waals surface area (Å²) >= 11 is 0. The number of carbonyl (C=O) groups excluding carboxylic acids is 1. The SMILES string of the molecule is NC(=O)C1=c2ccc([nH]2)=Nc2ccc([nH]2)C=c2ccc([nH]2)=Cc2ccc1[nH]2. The maximum Gasteiger partial charge on any atom is 0.252 e. The van der Waals surface area contributed by atoms with Crippen molar-refractivity contribution in [3.05, 3.63) is 87.1 Å². The van der Waals surface area contributed by atoms with E-state index in [1.165, 1.54) is 0 Å². The number of amides is 1. The number of nitrogens with zero attached hydrogens (tertiary/aromatic N) is 1. The first-order valence-corrected chi connectivity index (χ1v) is 8.49. The molecule has 5 heterocycles. The molecule has 7 heteroatoms. The van der Waals surface area contributed by atoms with E-state index in [0.717, 1.165) is 22.1 Å². The Balaban J connectivity index is 1.84. The maximum absolute atomic E-state index is 12.1. The average molecular weight is 356 g/mol. The largest absolute Gasteiger partial charge is 0.365 e. The van der Waals surface area contributed by atoms with Gasteiger partial charge in [0.05, 0.1) is 16.6 Å². The smallest absolute Gasteiger partial charge is 0.252 e. The standard InChI is InChI=1S/C20H16N6O/c21-20(27)19-15-5-3-13(23-15)9-11-1-2-12(22-11)10-14-4-7-17(24-14)26-18-8-6-16(19)25-18/h1-10,22-23H,(H2,21,27)(H2,24,25,26). The number of hydrogen-bond donors (Lipinski definition) is 5. The van der Waals surface area contributed by atoms with E-state index in [2.05, 4.69) is 24.9 Å². The number of aromatic amines is 4. The Kier molecular flexibility index (Phi) is 3.26. The minimum absolute atomic E-state index is 0.385. The van der Waals surface area contributed by atoms with Crippen LogP contribution >= 0.6 is 0 Å². The topological polar surface area (TPSA) is 119 Å². The predicted octanol–water partition coefficient (Wildman–Crippen LogP) is -0.394. The van der Waals surface area contributed by atoms with Crippen LogP contribution in [-0.2, 0) is 4.79 Å². The van der Waals surface area contributed by atoms with Crippen molar-refractivity contribution in [3.63, 3.8) is 0 Å². The van der Waals surface area contributed by atoms with Crippen LogP contribution in [0.5, 0.6) is 0 Å². The fraction of sp³-hybridized carbons (Fsp3) is 0. The van der Waals surface area contributed by atoms with Crippen molar-refractivity contribution in [1.29, 1.82) is 0 Å². The summed E-state index contributed by atoms with van der Waals surface area (Å²) in [7, 11) is 0. The second-order valence-electron chi connectivity index (χ2n) is 6.39. The zero-order chi connectivity index (χ0) is 18.4. The lowest BCUT2D eigenvalue weighted by Gasteiger charge is -1.99. The average Bonchev–Trinajstić information content (AvgIpc) is 3.39. The van der Waals surface area contributed by atoms with E-state index in [9.17, 15) is 4.79 Å². The minimum Gasteiger partial charge on any atom is -0.365 e. The second kappa shape index (κ2) is 5.77. The zero-order valence-electron chi connectivity index (χ0n) is 14.2. The van der Waals surface area contributed by atoms with Crippen molar-refractivity contribution in [1.82, 2.24) is 19.9 Å². The summed E-state index contributed by atoms with van der Waals surface area (Å²) < 4.78 is 0. The fourth-order valence-electron chi connectivity index (χ4n) is 3.26. The van der Waals surface area contributed by atoms with E-state index in [1.807, 2.05) is 54.6 Å². The lowest BCUT2D eigenvalue weighted by Crippen LogP contribution is -2.24. The van der Waals surface area contributed by atoms with E-state index in [1.54, 1.807) is 6.07 Å². The van der Waals surface area contributed by atoms with Crippen LogP contribution in [0.4, 0.5) is 5.82 Å². The van der Waals surface area contributed by atoms with Crippen LogP contribution < -0.4 is 27.3 Å². The molecule has 0 saturated heterocycles. The summed E-state index contributed by atoms with van der Waals surface area (Å²) in [5.74, 6) is 0.194. The number of aromatic nitrogens is 4. The molecule has 0 aliphatic carbocycles. The number of primary amides is 1. The van der Waals surface area contributed by atoms with Crippen molar-refractivity contribution in [2.75, 3.05) is 0 Å². The quantitative estimate of drug-likeness (QED) is 0.314. The van der Waals surface area contributed by atoms with E-state index >= 15 is 0 Å². The maximum atomic E-state index is 12.1. The Bertz CT molecular complexity index is 1410. The van der Waals surface area contributed by atoms with Gasteiger partial charge in [0.25, 0.3) is 5.91 Å². The molecular formula is C20H16N6O. The molecule has 0 atom stereocenters. The third-order valence-electron chi connectivity index (χ3n) is 4.45. The number of nitrogens with two attached hydrogens (primary N) is 1. The van der Waals surface area contributed by atoms with Gasteiger partial charge in [0.2, 0.25) is 0 Å². The van der Waals surface area contributed by atoms with Gasteiger partial charge in [-0.2, -0.15) is 0 Å². The summed E-state index contributed by atoms with van der Waals surface area (Å²) in [6.45, 7) is 0. The Morgan fingerprint density at radius 3 is 2.30 bits per heavy atom. The van der Waals surface area contributed by atoms with Crippen LogP contribution in [0, 0.1) is 0 Å². The number of carbonyl (C=O) groups is 1. The molecule has 0 radical (unpaired) electrons. The van der Waals surface area contributed by atoms with Gasteiger partial charge in [-0.05, 0) is 60.7 Å². The molecule has 132 valence electrons. The molecule has 8 bridgehead atoms. The van der Waals surface area contributed by atoms with Crippen LogP contribution in [0.3, 0.4) is 0 Å². The number of H-pyrrole nitrogens is 4. The second-order valence-corrected chi connectivity index (χ2v) is 6.39. The van der Waals surface area contributed by atoms with Crippen molar-refractivity contribution in [2.24, 2.45) is 10.7 Å². The molecule has 1 aliphatic rings. The lowest BCUT2D eigenvalue weighted by molar-refractivity contribution is -0.112. The Morgan fingerprint density at radius 2 is 1.52 bits per heavy atom. The van der Waals surface area contributed by atoms with Gasteiger partial charge in [-0.15, -0.1) is 0 Å². The molecular weight excluding hydrogens is 340 g/mol. The Hall–Kier alpha value is -4.00. The van der Waals surface area contributed by atoms with Gasteiger partial charge in [-0.1, -0.05) is 0 Å². The van der Waals surface area contributed by atoms with Crippen LogP contribution in [-0.4, -0.2) is 25.8 Å². The number of fused-ring (bicyclic) bond motifs is 8. The highest BCUT2D eigenvalue weighted by molar-refractivity contribution is 6.17. The Morgan fingerprint density at radius 1 is 0.778 bits per heavy atom. The molecule has 0 fully saturated rings. The number of hydrogen-bond acceptors (Lipinski definition) is 2. The van der Waals surface area contributed by atoms with Crippen molar-refractivity contribution >= 4 is 29.5 Å². The molecule has 0 saturated carbocycles. The summed E-state index contributed by atoms with van der Waals surface area (Å²) in [5, 5.41) is 2.53. The van der Waals surface area contributed by atoms with E-state index in [-0.39, 0.29) is 0 Å². The minimum atomic E-state index is -0.517. The Labute approximate surface area is 152 Å². The fourth-order valence-corrected chi connectivity index (χ4v) is 3.26. The zero-order valence-corrected chi connectivity index (χ0v) is 14.2. The summed E-state index contributed by atoms with van der Waals surface area (Å²) in [5.41, 5.74) is 9.11. The highest BCUT2D eigenvalue weighted by Crippen LogP contribution is 2.12. The first-order valence-electron chi connectivity index (χ1n) is 8.49. The number of nitrogens with one attached hydrogen (secondary N) is 4. The van der Waals surface area contributed by atoms with E-state index in [4.69, 9.17) is 5.73 Å². The highest BCUT2D eigenvalue weighted by atomic mass is 16.1. The van der Waals surface area contributed by atoms with Crippen LogP contribution in [0.25, 0.3) is 17.7 Å². The van der Waals surface area contributed by atoms with Crippen molar-refractivity contribution in [3.8, 4) is 0 Å². The molecule has 5 rings (SSSR count). The van der Waals surface area contributed by atoms with Gasteiger partial charge in [-0.25, -0.2) is 4.99 Å². The summed E-state index contributed by atoms with van der Waals surface area (Å²) in [4.78, 5) is 29.6. The monoisotopic (exact) mass is 356 g/mol. The van der Waals surface area contributed by atoms with Crippen molar-refractivity contribution in [2.45, 2.75) is 0 Å². The number of rotatable bonds is 1. The van der Waals surface area contributed by atoms with E-state index < -0.39 is 5.91 Å². The van der Waals surface area contributed by atoms with Gasteiger partial charge < -0.3 is 25.7 Å². The molecule has 0 aromatic carbocycles. The molecule has 1 aliphatic heterocycles. The molecule has 0 spiro atoms. The van der Waals surface area contributed by atoms with Gasteiger partial charge >= 0.3 is 0 Å². The van der Waals surface area contributed by atoms with Crippen LogP contribution in [0.15, 0.2) is 53.5 Å². The summed E-state index contributed by atoms with van der Waals surface area (Å²) in [6, 6.07) is 15.2. The molecule has 7 nitrogen and oxygen atoms in total. The normalized spacial score (nSPS) is 12.8. The third-order valence-corrected chi connectivity index (χ3v) is 4.45. The first kappa shape index (κ1) is 15.3. The van der Waals surface area contributed by atoms with Gasteiger partial charge in [0.15, 0.2) is 0 Å². The van der Waals surface area contributed by atoms with Gasteiger partial charge in [0, 0.05) is 22.1 Å². The predicted molar refractivity (Wildman–Crippen MR) is 102 cm³/mol. The molecule has 4 aromatic rings. The first-order chi connectivity index (χ1) is 13.1. The molecule has 0 unspecified atom stereocenters. The van der Waals surface area contributed by atoms with Gasteiger partial charge in [0.1, 0.15) is 11.3 Å². The van der Waals surface area contributed by atoms with E-state index in [0.29, 0.717) is 27.9 Å².